The van der Waals surface area contributed by atoms with Crippen LogP contribution >= 0.6 is 11.2 Å². The average molecular weight is 312 g/mol. The minimum atomic E-state index is -0.995. The Morgan fingerprint density at radius 2 is 1.55 bits per heavy atom. The van der Waals surface area contributed by atoms with Crippen molar-refractivity contribution in [3.05, 3.63) is 0 Å². The summed E-state index contributed by atoms with van der Waals surface area (Å²) < 4.78 is 0. The van der Waals surface area contributed by atoms with Gasteiger partial charge < -0.3 is 0 Å². The van der Waals surface area contributed by atoms with E-state index in [1.54, 1.807) is 5.71 Å². The highest BCUT2D eigenvalue weighted by Gasteiger charge is 2.24. The SMILES string of the molecule is C[Si](C)(C)SC1CCCCC(=NC2CCCCCC2)C1. The Balaban J connectivity index is 1.94. The summed E-state index contributed by atoms with van der Waals surface area (Å²) in [6.45, 7) is 7.47. The molecular weight excluding hydrogens is 278 g/mol. The molecule has 0 spiro atoms. The summed E-state index contributed by atoms with van der Waals surface area (Å²) in [6, 6.07) is 0.670. The van der Waals surface area contributed by atoms with E-state index < -0.39 is 7.22 Å². The van der Waals surface area contributed by atoms with Gasteiger partial charge in [0.15, 0.2) is 0 Å². The van der Waals surface area contributed by atoms with E-state index in [0.29, 0.717) is 6.04 Å². The lowest BCUT2D eigenvalue weighted by atomic mass is 10.1. The van der Waals surface area contributed by atoms with Gasteiger partial charge in [-0.3, -0.25) is 4.99 Å². The highest BCUT2D eigenvalue weighted by atomic mass is 32.4. The van der Waals surface area contributed by atoms with Crippen LogP contribution in [0.2, 0.25) is 19.6 Å². The topological polar surface area (TPSA) is 12.4 Å². The predicted molar refractivity (Wildman–Crippen MR) is 96.7 cm³/mol. The molecule has 2 aliphatic carbocycles. The second-order valence-electron chi connectivity index (χ2n) is 7.64. The minimum absolute atomic E-state index is 0.670. The van der Waals surface area contributed by atoms with Gasteiger partial charge in [0.05, 0.1) is 0 Å². The molecule has 0 aromatic heterocycles. The number of hydrogen-bond acceptors (Lipinski definition) is 2. The summed E-state index contributed by atoms with van der Waals surface area (Å²) in [5.41, 5.74) is 1.57. The van der Waals surface area contributed by atoms with Gasteiger partial charge in [0, 0.05) is 17.0 Å². The smallest absolute Gasteiger partial charge is 0.108 e. The molecular formula is C17H33NSSi. The Labute approximate surface area is 131 Å². The number of nitrogens with zero attached hydrogens (tertiary/aromatic N) is 1. The highest BCUT2D eigenvalue weighted by Crippen LogP contribution is 2.33. The first-order valence-electron chi connectivity index (χ1n) is 8.76. The number of rotatable bonds is 3. The summed E-state index contributed by atoms with van der Waals surface area (Å²) in [5.74, 6) is 0. The summed E-state index contributed by atoms with van der Waals surface area (Å²) in [4.78, 5) is 5.21. The van der Waals surface area contributed by atoms with Gasteiger partial charge in [-0.2, -0.15) is 11.2 Å². The van der Waals surface area contributed by atoms with E-state index in [4.69, 9.17) is 4.99 Å². The maximum Gasteiger partial charge on any atom is 0.108 e. The third kappa shape index (κ3) is 6.34. The average Bonchev–Trinajstić information content (AvgIpc) is 2.70. The van der Waals surface area contributed by atoms with Crippen molar-refractivity contribution >= 4 is 24.1 Å². The van der Waals surface area contributed by atoms with Gasteiger partial charge in [-0.25, -0.2) is 0 Å². The van der Waals surface area contributed by atoms with E-state index in [0.717, 1.165) is 5.25 Å². The molecule has 0 aromatic rings. The molecule has 1 nitrogen and oxygen atoms in total. The van der Waals surface area contributed by atoms with Crippen molar-refractivity contribution in [2.75, 3.05) is 0 Å². The molecule has 0 saturated heterocycles. The summed E-state index contributed by atoms with van der Waals surface area (Å²) in [5, 5.41) is 0.869. The lowest BCUT2D eigenvalue weighted by molar-refractivity contribution is 0.582. The van der Waals surface area contributed by atoms with Crippen LogP contribution < -0.4 is 0 Å². The molecule has 116 valence electrons. The molecule has 3 heteroatoms. The lowest BCUT2D eigenvalue weighted by Gasteiger charge is -2.23. The molecule has 2 rings (SSSR count). The van der Waals surface area contributed by atoms with Crippen LogP contribution in [0.25, 0.3) is 0 Å². The molecule has 0 heterocycles. The predicted octanol–water partition coefficient (Wildman–Crippen LogP) is 6.05. The summed E-state index contributed by atoms with van der Waals surface area (Å²) in [7, 11) is -0.995. The van der Waals surface area contributed by atoms with Crippen molar-refractivity contribution in [3.63, 3.8) is 0 Å². The zero-order valence-corrected chi connectivity index (χ0v) is 15.6. The molecule has 0 N–H and O–H groups in total. The van der Waals surface area contributed by atoms with E-state index >= 15 is 0 Å². The third-order valence-corrected chi connectivity index (χ3v) is 8.98. The van der Waals surface area contributed by atoms with Gasteiger partial charge in [-0.1, -0.05) is 51.7 Å². The largest absolute Gasteiger partial charge is 0.291 e. The Morgan fingerprint density at radius 3 is 2.20 bits per heavy atom. The van der Waals surface area contributed by atoms with Crippen LogP contribution in [0, 0.1) is 0 Å². The van der Waals surface area contributed by atoms with E-state index in [-0.39, 0.29) is 0 Å². The molecule has 2 saturated carbocycles. The number of hydrogen-bond donors (Lipinski definition) is 0. The Kier molecular flexibility index (Phi) is 6.66. The van der Waals surface area contributed by atoms with Crippen molar-refractivity contribution in [2.24, 2.45) is 4.99 Å². The van der Waals surface area contributed by atoms with Crippen LogP contribution in [-0.2, 0) is 0 Å². The molecule has 0 radical (unpaired) electrons. The van der Waals surface area contributed by atoms with Gasteiger partial charge in [0.2, 0.25) is 0 Å². The van der Waals surface area contributed by atoms with E-state index in [9.17, 15) is 0 Å². The Bertz CT molecular complexity index is 313. The van der Waals surface area contributed by atoms with Crippen molar-refractivity contribution in [1.82, 2.24) is 0 Å². The molecule has 20 heavy (non-hydrogen) atoms. The Morgan fingerprint density at radius 1 is 0.900 bits per heavy atom. The normalized spacial score (nSPS) is 29.1. The van der Waals surface area contributed by atoms with Gasteiger partial charge in [-0.15, -0.1) is 0 Å². The molecule has 2 fully saturated rings. The fourth-order valence-corrected chi connectivity index (χ4v) is 8.69. The summed E-state index contributed by atoms with van der Waals surface area (Å²) >= 11 is 2.32. The van der Waals surface area contributed by atoms with Crippen LogP contribution in [0.3, 0.4) is 0 Å². The van der Waals surface area contributed by atoms with Gasteiger partial charge in [-0.05, 0) is 38.5 Å². The van der Waals surface area contributed by atoms with Gasteiger partial charge in [0.1, 0.15) is 7.22 Å². The highest BCUT2D eigenvalue weighted by molar-refractivity contribution is 8.29. The zero-order chi connectivity index (χ0) is 14.4. The monoisotopic (exact) mass is 311 g/mol. The zero-order valence-electron chi connectivity index (χ0n) is 13.8. The van der Waals surface area contributed by atoms with E-state index in [1.165, 1.54) is 70.6 Å². The fourth-order valence-electron chi connectivity index (χ4n) is 3.53. The molecule has 2 aliphatic rings. The standard InChI is InChI=1S/C17H33NSSi/c1-20(2,3)19-17-13-9-8-12-16(14-17)18-15-10-6-4-5-7-11-15/h15,17H,4-14H2,1-3H3. The fraction of sp³-hybridized carbons (Fsp3) is 0.941. The molecule has 0 aromatic carbocycles. The van der Waals surface area contributed by atoms with Crippen LogP contribution in [0.4, 0.5) is 0 Å². The second kappa shape index (κ2) is 8.02. The third-order valence-electron chi connectivity index (χ3n) is 4.41. The quantitative estimate of drug-likeness (QED) is 0.456. The van der Waals surface area contributed by atoms with E-state index in [1.807, 2.05) is 0 Å². The maximum absolute atomic E-state index is 5.21. The van der Waals surface area contributed by atoms with Gasteiger partial charge >= 0.3 is 0 Å². The van der Waals surface area contributed by atoms with E-state index in [2.05, 4.69) is 30.9 Å². The van der Waals surface area contributed by atoms with Crippen LogP contribution in [0.15, 0.2) is 4.99 Å². The molecule has 0 bridgehead atoms. The molecule has 0 amide bonds. The first-order chi connectivity index (χ1) is 9.53. The maximum atomic E-state index is 5.21. The summed E-state index contributed by atoms with van der Waals surface area (Å²) in [6.07, 6.45) is 15.2. The van der Waals surface area contributed by atoms with Crippen LogP contribution in [0.5, 0.6) is 0 Å². The molecule has 0 aliphatic heterocycles. The second-order valence-corrected chi connectivity index (χ2v) is 17.2. The van der Waals surface area contributed by atoms with Crippen LogP contribution in [0.1, 0.15) is 70.6 Å². The Hall–Kier alpha value is 0.237. The van der Waals surface area contributed by atoms with Crippen molar-refractivity contribution in [3.8, 4) is 0 Å². The van der Waals surface area contributed by atoms with Crippen LogP contribution in [-0.4, -0.2) is 24.2 Å². The van der Waals surface area contributed by atoms with Gasteiger partial charge in [0.25, 0.3) is 0 Å². The van der Waals surface area contributed by atoms with Crippen molar-refractivity contribution < 1.29 is 0 Å². The molecule has 1 unspecified atom stereocenters. The first kappa shape index (κ1) is 16.6. The molecule has 1 atom stereocenters. The van der Waals surface area contributed by atoms with Crippen molar-refractivity contribution in [1.29, 1.82) is 0 Å². The van der Waals surface area contributed by atoms with Crippen molar-refractivity contribution in [2.45, 2.75) is 102 Å². The minimum Gasteiger partial charge on any atom is -0.291 e. The first-order valence-corrected chi connectivity index (χ1v) is 13.9. The lowest BCUT2D eigenvalue weighted by Crippen LogP contribution is -2.22. The number of aliphatic imine (C=N–C) groups is 1.